The summed E-state index contributed by atoms with van der Waals surface area (Å²) in [5.41, 5.74) is 5.74. The fourth-order valence-corrected chi connectivity index (χ4v) is 3.04. The van der Waals surface area contributed by atoms with E-state index in [4.69, 9.17) is 5.73 Å². The number of anilines is 1. The van der Waals surface area contributed by atoms with E-state index < -0.39 is 32.5 Å². The number of carbonyl (C=O) groups excluding carboxylic acids is 1. The maximum absolute atomic E-state index is 13.5. The Labute approximate surface area is 125 Å². The monoisotopic (exact) mass is 326 g/mol. The third-order valence-electron chi connectivity index (χ3n) is 2.77. The number of benzene rings is 2. The summed E-state index contributed by atoms with van der Waals surface area (Å²) in [6.07, 6.45) is 0.00890. The van der Waals surface area contributed by atoms with E-state index in [0.29, 0.717) is 5.56 Å². The first-order valence-electron chi connectivity index (χ1n) is 6.13. The zero-order valence-electron chi connectivity index (χ0n) is 11.2. The minimum Gasteiger partial charge on any atom is -0.369 e. The third kappa shape index (κ3) is 3.59. The van der Waals surface area contributed by atoms with Crippen molar-refractivity contribution in [2.24, 2.45) is 5.73 Å². The number of hydrogen-bond donors (Lipinski definition) is 2. The number of halogens is 2. The Hall–Kier alpha value is -2.48. The maximum Gasteiger partial charge on any atom is 0.267 e. The summed E-state index contributed by atoms with van der Waals surface area (Å²) in [4.78, 5) is 9.72. The second kappa shape index (κ2) is 6.10. The van der Waals surface area contributed by atoms with Gasteiger partial charge in [-0.05, 0) is 29.8 Å². The van der Waals surface area contributed by atoms with Crippen LogP contribution in [-0.4, -0.2) is 14.3 Å². The summed E-state index contributed by atoms with van der Waals surface area (Å²) in [6.45, 7) is 0. The normalized spacial score (nSPS) is 11.2. The van der Waals surface area contributed by atoms with Crippen LogP contribution < -0.4 is 10.5 Å². The molecule has 0 aliphatic heterocycles. The van der Waals surface area contributed by atoms with E-state index in [1.807, 2.05) is 0 Å². The fourth-order valence-electron chi connectivity index (χ4n) is 1.84. The molecule has 0 unspecified atom stereocenters. The highest BCUT2D eigenvalue weighted by Gasteiger charge is 2.23. The van der Waals surface area contributed by atoms with Gasteiger partial charge in [0.25, 0.3) is 10.0 Å². The molecule has 0 fully saturated rings. The van der Waals surface area contributed by atoms with Gasteiger partial charge in [0, 0.05) is 5.69 Å². The highest BCUT2D eigenvalue weighted by atomic mass is 32.2. The van der Waals surface area contributed by atoms with Crippen molar-refractivity contribution in [1.29, 1.82) is 0 Å². The lowest BCUT2D eigenvalue weighted by Crippen LogP contribution is -2.16. The molecule has 0 spiro atoms. The lowest BCUT2D eigenvalue weighted by molar-refractivity contribution is -0.117. The Bertz CT molecular complexity index is 785. The van der Waals surface area contributed by atoms with E-state index in [2.05, 4.69) is 4.72 Å². The van der Waals surface area contributed by atoms with Crippen LogP contribution in [0.2, 0.25) is 0 Å². The second-order valence-electron chi connectivity index (χ2n) is 4.50. The molecule has 22 heavy (non-hydrogen) atoms. The smallest absolute Gasteiger partial charge is 0.267 e. The zero-order chi connectivity index (χ0) is 16.3. The Morgan fingerprint density at radius 3 is 2.09 bits per heavy atom. The number of nitrogens with two attached hydrogens (primary N) is 1. The van der Waals surface area contributed by atoms with Crippen molar-refractivity contribution < 1.29 is 22.0 Å². The quantitative estimate of drug-likeness (QED) is 0.878. The Balaban J connectivity index is 2.27. The summed E-state index contributed by atoms with van der Waals surface area (Å²) in [5, 5.41) is 0. The Morgan fingerprint density at radius 1 is 1.05 bits per heavy atom. The van der Waals surface area contributed by atoms with Crippen LogP contribution in [0.3, 0.4) is 0 Å². The standard InChI is InChI=1S/C14H12F2N2O3S/c15-11-2-1-3-12(16)14(11)22(20,21)18-10-6-4-9(5-7-10)8-13(17)19/h1-7,18H,8H2,(H2,17,19). The molecule has 0 aliphatic rings. The van der Waals surface area contributed by atoms with Gasteiger partial charge in [0.1, 0.15) is 11.6 Å². The van der Waals surface area contributed by atoms with Gasteiger partial charge in [-0.1, -0.05) is 18.2 Å². The highest BCUT2D eigenvalue weighted by molar-refractivity contribution is 7.92. The molecular weight excluding hydrogens is 314 g/mol. The van der Waals surface area contributed by atoms with E-state index in [-0.39, 0.29) is 12.1 Å². The molecule has 2 aromatic rings. The van der Waals surface area contributed by atoms with Gasteiger partial charge in [-0.25, -0.2) is 17.2 Å². The SMILES string of the molecule is NC(=O)Cc1ccc(NS(=O)(=O)c2c(F)cccc2F)cc1. The number of nitrogens with one attached hydrogen (secondary N) is 1. The molecule has 2 rings (SSSR count). The van der Waals surface area contributed by atoms with Gasteiger partial charge in [0.15, 0.2) is 4.90 Å². The molecule has 0 saturated heterocycles. The average Bonchev–Trinajstić information content (AvgIpc) is 2.39. The van der Waals surface area contributed by atoms with Gasteiger partial charge in [-0.15, -0.1) is 0 Å². The van der Waals surface area contributed by atoms with Crippen molar-refractivity contribution in [2.75, 3.05) is 4.72 Å². The molecule has 8 heteroatoms. The molecule has 5 nitrogen and oxygen atoms in total. The lowest BCUT2D eigenvalue weighted by atomic mass is 10.1. The molecule has 0 atom stereocenters. The van der Waals surface area contributed by atoms with Crippen molar-refractivity contribution in [3.8, 4) is 0 Å². The van der Waals surface area contributed by atoms with Crippen molar-refractivity contribution >= 4 is 21.6 Å². The number of rotatable bonds is 5. The summed E-state index contributed by atoms with van der Waals surface area (Å²) >= 11 is 0. The molecule has 0 radical (unpaired) electrons. The zero-order valence-corrected chi connectivity index (χ0v) is 12.0. The van der Waals surface area contributed by atoms with Gasteiger partial charge >= 0.3 is 0 Å². The van der Waals surface area contributed by atoms with Gasteiger partial charge in [0.2, 0.25) is 5.91 Å². The van der Waals surface area contributed by atoms with Crippen molar-refractivity contribution in [1.82, 2.24) is 0 Å². The minimum absolute atomic E-state index is 0.00890. The van der Waals surface area contributed by atoms with Gasteiger partial charge in [-0.2, -0.15) is 0 Å². The molecular formula is C14H12F2N2O3S. The number of carbonyl (C=O) groups is 1. The fraction of sp³-hybridized carbons (Fsp3) is 0.0714. The van der Waals surface area contributed by atoms with E-state index >= 15 is 0 Å². The van der Waals surface area contributed by atoms with E-state index in [9.17, 15) is 22.0 Å². The molecule has 2 aromatic carbocycles. The van der Waals surface area contributed by atoms with Gasteiger partial charge in [0.05, 0.1) is 6.42 Å². The summed E-state index contributed by atoms with van der Waals surface area (Å²) in [7, 11) is -4.40. The highest BCUT2D eigenvalue weighted by Crippen LogP contribution is 2.22. The summed E-state index contributed by atoms with van der Waals surface area (Å²) in [6, 6.07) is 8.49. The summed E-state index contributed by atoms with van der Waals surface area (Å²) < 4.78 is 53.2. The van der Waals surface area contributed by atoms with Crippen LogP contribution in [0.5, 0.6) is 0 Å². The molecule has 0 bridgehead atoms. The van der Waals surface area contributed by atoms with E-state index in [1.165, 1.54) is 24.3 Å². The lowest BCUT2D eigenvalue weighted by Gasteiger charge is -2.10. The number of primary amides is 1. The number of sulfonamides is 1. The maximum atomic E-state index is 13.5. The Morgan fingerprint density at radius 2 is 1.59 bits per heavy atom. The molecule has 0 heterocycles. The predicted molar refractivity (Wildman–Crippen MR) is 76.5 cm³/mol. The first-order chi connectivity index (χ1) is 10.3. The number of amides is 1. The molecule has 0 saturated carbocycles. The Kier molecular flexibility index (Phi) is 4.41. The van der Waals surface area contributed by atoms with Gasteiger partial charge < -0.3 is 5.73 Å². The molecule has 0 aromatic heterocycles. The van der Waals surface area contributed by atoms with Crippen LogP contribution in [0, 0.1) is 11.6 Å². The summed E-state index contributed by atoms with van der Waals surface area (Å²) in [5.74, 6) is -2.89. The molecule has 116 valence electrons. The van der Waals surface area contributed by atoms with E-state index in [1.54, 1.807) is 0 Å². The van der Waals surface area contributed by atoms with Crippen LogP contribution >= 0.6 is 0 Å². The predicted octanol–water partition coefficient (Wildman–Crippen LogP) is 1.79. The number of hydrogen-bond acceptors (Lipinski definition) is 3. The molecule has 1 amide bonds. The second-order valence-corrected chi connectivity index (χ2v) is 6.12. The van der Waals surface area contributed by atoms with E-state index in [0.717, 1.165) is 18.2 Å². The topological polar surface area (TPSA) is 89.3 Å². The molecule has 0 aliphatic carbocycles. The first kappa shape index (κ1) is 15.9. The van der Waals surface area contributed by atoms with Crippen molar-refractivity contribution in [3.05, 3.63) is 59.7 Å². The van der Waals surface area contributed by atoms with Crippen LogP contribution in [0.1, 0.15) is 5.56 Å². The van der Waals surface area contributed by atoms with Crippen molar-refractivity contribution in [3.63, 3.8) is 0 Å². The van der Waals surface area contributed by atoms with Crippen molar-refractivity contribution in [2.45, 2.75) is 11.3 Å². The van der Waals surface area contributed by atoms with Crippen LogP contribution in [-0.2, 0) is 21.2 Å². The largest absolute Gasteiger partial charge is 0.369 e. The third-order valence-corrected chi connectivity index (χ3v) is 4.20. The van der Waals surface area contributed by atoms with Gasteiger partial charge in [-0.3, -0.25) is 9.52 Å². The van der Waals surface area contributed by atoms with Crippen LogP contribution in [0.25, 0.3) is 0 Å². The minimum atomic E-state index is -4.40. The average molecular weight is 326 g/mol. The van der Waals surface area contributed by atoms with Crippen LogP contribution in [0.15, 0.2) is 47.4 Å². The molecule has 3 N–H and O–H groups in total. The van der Waals surface area contributed by atoms with Crippen LogP contribution in [0.4, 0.5) is 14.5 Å². The first-order valence-corrected chi connectivity index (χ1v) is 7.62.